The van der Waals surface area contributed by atoms with Crippen LogP contribution in [0.15, 0.2) is 36.7 Å². The number of hydrogen-bond acceptors (Lipinski definition) is 11. The van der Waals surface area contributed by atoms with Gasteiger partial charge in [0.25, 0.3) is 0 Å². The van der Waals surface area contributed by atoms with Gasteiger partial charge in [0.05, 0.1) is 31.6 Å². The van der Waals surface area contributed by atoms with Crippen molar-refractivity contribution in [2.24, 2.45) is 5.92 Å². The van der Waals surface area contributed by atoms with Crippen molar-refractivity contribution in [3.63, 3.8) is 0 Å². The van der Waals surface area contributed by atoms with Crippen LogP contribution in [0.25, 0.3) is 11.2 Å². The van der Waals surface area contributed by atoms with Gasteiger partial charge in [-0.15, -0.1) is 6.42 Å². The van der Waals surface area contributed by atoms with E-state index in [9.17, 15) is 9.36 Å². The molecule has 1 aliphatic carbocycles. The third kappa shape index (κ3) is 6.37. The molecule has 3 aromatic rings. The number of nitrogens with one attached hydrogen (secondary N) is 2. The summed E-state index contributed by atoms with van der Waals surface area (Å²) in [6.07, 6.45) is 8.83. The molecule has 0 spiro atoms. The summed E-state index contributed by atoms with van der Waals surface area (Å²) >= 11 is 0. The first-order chi connectivity index (χ1) is 19.3. The van der Waals surface area contributed by atoms with Gasteiger partial charge in [-0.1, -0.05) is 24.1 Å². The highest BCUT2D eigenvalue weighted by atomic mass is 31.2. The van der Waals surface area contributed by atoms with Gasteiger partial charge in [0, 0.05) is 6.04 Å². The maximum absolute atomic E-state index is 13.8. The Hall–Kier alpha value is -3.69. The first-order valence-electron chi connectivity index (χ1n) is 13.1. The molecule has 5 atom stereocenters. The molecule has 40 heavy (non-hydrogen) atoms. The van der Waals surface area contributed by atoms with Crippen molar-refractivity contribution in [1.82, 2.24) is 24.6 Å². The van der Waals surface area contributed by atoms with Gasteiger partial charge in [0.1, 0.15) is 11.8 Å². The van der Waals surface area contributed by atoms with E-state index in [0.717, 1.165) is 12.8 Å². The number of imidazole rings is 1. The predicted molar refractivity (Wildman–Crippen MR) is 147 cm³/mol. The van der Waals surface area contributed by atoms with Crippen molar-refractivity contribution in [1.29, 1.82) is 0 Å². The van der Waals surface area contributed by atoms with E-state index in [2.05, 4.69) is 31.3 Å². The van der Waals surface area contributed by atoms with Crippen molar-refractivity contribution in [2.75, 3.05) is 24.3 Å². The third-order valence-corrected chi connectivity index (χ3v) is 8.07. The Morgan fingerprint density at radius 3 is 2.80 bits per heavy atom. The number of rotatable bonds is 12. The smallest absolute Gasteiger partial charge is 0.459 e. The van der Waals surface area contributed by atoms with Crippen LogP contribution in [-0.4, -0.2) is 56.9 Å². The fourth-order valence-corrected chi connectivity index (χ4v) is 5.88. The van der Waals surface area contributed by atoms with Gasteiger partial charge in [-0.05, 0) is 45.2 Å². The average Bonchev–Trinajstić information content (AvgIpc) is 3.49. The Balaban J connectivity index is 1.32. The van der Waals surface area contributed by atoms with E-state index in [1.807, 2.05) is 0 Å². The number of nitrogen functional groups attached to an aromatic ring is 1. The zero-order chi connectivity index (χ0) is 28.3. The summed E-state index contributed by atoms with van der Waals surface area (Å²) in [5.41, 5.74) is 7.05. The van der Waals surface area contributed by atoms with E-state index in [-0.39, 0.29) is 25.1 Å². The molecule has 212 valence electrons. The lowest BCUT2D eigenvalue weighted by Gasteiger charge is -2.24. The minimum atomic E-state index is -4.04. The maximum atomic E-state index is 13.8. The molecular weight excluding hydrogens is 537 g/mol. The molecule has 4 N–H and O–H groups in total. The summed E-state index contributed by atoms with van der Waals surface area (Å²) in [7, 11) is -4.04. The standard InChI is InChI=1S/C26H32N7O6P/c1-4-17-13-20(14-37-40(35,32-16(3)25(34)36-5-2)39-19-9-7-6-8-10-19)38-24(17)33-15-28-21-22(29-18-11-12-18)30-26(27)31-23(21)33/h1,6-10,15-18,20,24H,5,11-14H2,2-3H3,(H,32,35)(H3,27,29,30,31)/t16-,17-,20-,24+,40-/m0/s1. The Morgan fingerprint density at radius 1 is 1.32 bits per heavy atom. The van der Waals surface area contributed by atoms with E-state index in [1.54, 1.807) is 48.1 Å². The normalized spacial score (nSPS) is 22.8. The molecule has 1 aromatic carbocycles. The van der Waals surface area contributed by atoms with Crippen molar-refractivity contribution in [2.45, 2.75) is 57.5 Å². The van der Waals surface area contributed by atoms with Crippen LogP contribution < -0.4 is 20.7 Å². The fourth-order valence-electron chi connectivity index (χ4n) is 4.35. The van der Waals surface area contributed by atoms with Gasteiger partial charge in [-0.3, -0.25) is 13.9 Å². The van der Waals surface area contributed by atoms with Gasteiger partial charge in [-0.25, -0.2) is 9.55 Å². The van der Waals surface area contributed by atoms with Gasteiger partial charge < -0.3 is 25.0 Å². The minimum absolute atomic E-state index is 0.105. The van der Waals surface area contributed by atoms with Crippen LogP contribution in [-0.2, 0) is 23.4 Å². The first-order valence-corrected chi connectivity index (χ1v) is 14.6. The highest BCUT2D eigenvalue weighted by Gasteiger charge is 2.40. The Kier molecular flexibility index (Phi) is 8.23. The second-order valence-electron chi connectivity index (χ2n) is 9.63. The van der Waals surface area contributed by atoms with Crippen molar-refractivity contribution < 1.29 is 27.9 Å². The van der Waals surface area contributed by atoms with Crippen LogP contribution in [0.3, 0.4) is 0 Å². The second-order valence-corrected chi connectivity index (χ2v) is 11.3. The molecule has 0 amide bonds. The number of hydrogen-bond donors (Lipinski definition) is 3. The zero-order valence-electron chi connectivity index (χ0n) is 22.2. The highest BCUT2D eigenvalue weighted by molar-refractivity contribution is 7.52. The van der Waals surface area contributed by atoms with Crippen LogP contribution in [0.4, 0.5) is 11.8 Å². The topological polar surface area (TPSA) is 165 Å². The Bertz CT molecular complexity index is 1440. The van der Waals surface area contributed by atoms with Crippen molar-refractivity contribution in [3.05, 3.63) is 36.7 Å². The van der Waals surface area contributed by atoms with Crippen LogP contribution in [0.5, 0.6) is 5.75 Å². The number of fused-ring (bicyclic) bond motifs is 1. The molecule has 2 aromatic heterocycles. The summed E-state index contributed by atoms with van der Waals surface area (Å²) < 4.78 is 38.3. The van der Waals surface area contributed by atoms with E-state index in [1.165, 1.54) is 6.92 Å². The molecule has 1 saturated heterocycles. The number of anilines is 2. The molecule has 3 heterocycles. The number of aromatic nitrogens is 4. The predicted octanol–water partition coefficient (Wildman–Crippen LogP) is 3.26. The molecule has 0 bridgehead atoms. The van der Waals surface area contributed by atoms with Gasteiger partial charge >= 0.3 is 13.7 Å². The third-order valence-electron chi connectivity index (χ3n) is 6.43. The molecule has 5 rings (SSSR count). The van der Waals surface area contributed by atoms with E-state index < -0.39 is 32.1 Å². The summed E-state index contributed by atoms with van der Waals surface area (Å²) in [5.74, 6) is 2.80. The molecule has 2 fully saturated rings. The SMILES string of the molecule is C#C[C@H]1C[C@@H](CO[P@@](=O)(N[C@@H](C)C(=O)OCC)Oc2ccccc2)O[C@H]1n1cnc2c(NC3CC3)nc(N)nc21. The lowest BCUT2D eigenvalue weighted by Crippen LogP contribution is -2.35. The molecule has 2 aliphatic rings. The zero-order valence-corrected chi connectivity index (χ0v) is 23.1. The second kappa shape index (κ2) is 11.8. The van der Waals surface area contributed by atoms with E-state index in [0.29, 0.717) is 35.2 Å². The molecule has 13 nitrogen and oxygen atoms in total. The highest BCUT2D eigenvalue weighted by Crippen LogP contribution is 2.46. The molecule has 0 unspecified atom stereocenters. The quantitative estimate of drug-likeness (QED) is 0.166. The molecular formula is C26H32N7O6P. The number of carbonyl (C=O) groups excluding carboxylic acids is 1. The number of benzene rings is 1. The average molecular weight is 570 g/mol. The molecule has 0 radical (unpaired) electrons. The summed E-state index contributed by atoms with van der Waals surface area (Å²) in [6, 6.07) is 7.91. The van der Waals surface area contributed by atoms with Crippen LogP contribution >= 0.6 is 7.75 Å². The lowest BCUT2D eigenvalue weighted by atomic mass is 10.0. The Morgan fingerprint density at radius 2 is 2.10 bits per heavy atom. The first kappa shape index (κ1) is 27.9. The van der Waals surface area contributed by atoms with Crippen molar-refractivity contribution in [3.8, 4) is 18.1 Å². The maximum Gasteiger partial charge on any atom is 0.459 e. The van der Waals surface area contributed by atoms with Gasteiger partial charge in [0.15, 0.2) is 23.2 Å². The molecule has 14 heteroatoms. The fraction of sp³-hybridized carbons (Fsp3) is 0.462. The molecule has 1 aliphatic heterocycles. The Labute approximate surface area is 231 Å². The van der Waals surface area contributed by atoms with Crippen LogP contribution in [0.1, 0.15) is 39.3 Å². The lowest BCUT2D eigenvalue weighted by molar-refractivity contribution is -0.144. The van der Waals surface area contributed by atoms with Gasteiger partial charge in [-0.2, -0.15) is 15.1 Å². The van der Waals surface area contributed by atoms with E-state index >= 15 is 0 Å². The number of ether oxygens (including phenoxy) is 2. The number of nitrogens with zero attached hydrogens (tertiary/aromatic N) is 4. The number of nitrogens with two attached hydrogens (primary N) is 1. The van der Waals surface area contributed by atoms with Crippen molar-refractivity contribution >= 4 is 36.6 Å². The number of para-hydroxylation sites is 1. The molecule has 1 saturated carbocycles. The summed E-state index contributed by atoms with van der Waals surface area (Å²) in [4.78, 5) is 25.4. The largest absolute Gasteiger partial charge is 0.465 e. The summed E-state index contributed by atoms with van der Waals surface area (Å²) in [5, 5.41) is 5.99. The number of carbonyl (C=O) groups is 1. The number of terminal acetylenes is 1. The monoisotopic (exact) mass is 569 g/mol. The minimum Gasteiger partial charge on any atom is -0.465 e. The summed E-state index contributed by atoms with van der Waals surface area (Å²) in [6.45, 7) is 3.26. The van der Waals surface area contributed by atoms with Crippen LogP contribution in [0, 0.1) is 18.3 Å². The van der Waals surface area contributed by atoms with E-state index in [4.69, 9.17) is 30.7 Å². The number of esters is 1. The van der Waals surface area contributed by atoms with Gasteiger partial charge in [0.2, 0.25) is 5.95 Å². The van der Waals surface area contributed by atoms with Crippen LogP contribution in [0.2, 0.25) is 0 Å².